The van der Waals surface area contributed by atoms with E-state index in [0.717, 1.165) is 12.1 Å². The molecule has 0 aliphatic carbocycles. The van der Waals surface area contributed by atoms with Crippen LogP contribution in [0.2, 0.25) is 0 Å². The monoisotopic (exact) mass is 300 g/mol. The summed E-state index contributed by atoms with van der Waals surface area (Å²) >= 11 is 0. The molecule has 0 bridgehead atoms. The van der Waals surface area contributed by atoms with Crippen LogP contribution in [0.5, 0.6) is 0 Å². The molecular formula is C15H16N4O3. The molecular weight excluding hydrogens is 284 g/mol. The van der Waals surface area contributed by atoms with Crippen molar-refractivity contribution in [1.29, 1.82) is 0 Å². The zero-order valence-electron chi connectivity index (χ0n) is 12.4. The first-order valence-corrected chi connectivity index (χ1v) is 7.06. The Kier molecular flexibility index (Phi) is 3.62. The standard InChI is InChI=1S/C15H16N4O3/c1-10-4-5-12(9-16-10)14(20)18-6-3-7-19(18)15(21)13-8-11(2)22-17-13/h4-5,8-9H,3,6-7H2,1-2H3. The van der Waals surface area contributed by atoms with Crippen LogP contribution in [-0.2, 0) is 0 Å². The Bertz CT molecular complexity index is 708. The van der Waals surface area contributed by atoms with Crippen LogP contribution in [0.4, 0.5) is 0 Å². The van der Waals surface area contributed by atoms with Crippen molar-refractivity contribution in [2.24, 2.45) is 0 Å². The largest absolute Gasteiger partial charge is 0.361 e. The second-order valence-electron chi connectivity index (χ2n) is 5.22. The van der Waals surface area contributed by atoms with Crippen LogP contribution in [0, 0.1) is 13.8 Å². The number of carbonyl (C=O) groups is 2. The van der Waals surface area contributed by atoms with E-state index in [1.807, 2.05) is 6.92 Å². The van der Waals surface area contributed by atoms with Crippen molar-refractivity contribution < 1.29 is 14.1 Å². The first kappa shape index (κ1) is 14.2. The molecule has 1 saturated heterocycles. The van der Waals surface area contributed by atoms with Crippen molar-refractivity contribution in [3.63, 3.8) is 0 Å². The third-order valence-electron chi connectivity index (χ3n) is 3.51. The second-order valence-corrected chi connectivity index (χ2v) is 5.22. The molecule has 0 atom stereocenters. The molecule has 1 aliphatic heterocycles. The van der Waals surface area contributed by atoms with Gasteiger partial charge in [-0.2, -0.15) is 0 Å². The molecule has 1 fully saturated rings. The van der Waals surface area contributed by atoms with Crippen LogP contribution in [0.1, 0.15) is 38.7 Å². The molecule has 0 radical (unpaired) electrons. The summed E-state index contributed by atoms with van der Waals surface area (Å²) in [5.41, 5.74) is 1.50. The van der Waals surface area contributed by atoms with Crippen LogP contribution >= 0.6 is 0 Å². The molecule has 22 heavy (non-hydrogen) atoms. The van der Waals surface area contributed by atoms with E-state index in [1.165, 1.54) is 16.2 Å². The lowest BCUT2D eigenvalue weighted by Crippen LogP contribution is -2.45. The van der Waals surface area contributed by atoms with Gasteiger partial charge in [-0.25, -0.2) is 10.0 Å². The van der Waals surface area contributed by atoms with E-state index in [-0.39, 0.29) is 17.5 Å². The predicted octanol–water partition coefficient (Wildman–Crippen LogP) is 1.59. The van der Waals surface area contributed by atoms with E-state index in [4.69, 9.17) is 4.52 Å². The number of hydrogen-bond donors (Lipinski definition) is 0. The second kappa shape index (κ2) is 5.59. The molecule has 1 aliphatic rings. The summed E-state index contributed by atoms with van der Waals surface area (Å²) in [5.74, 6) is -0.00973. The maximum Gasteiger partial charge on any atom is 0.294 e. The Morgan fingerprint density at radius 1 is 1.14 bits per heavy atom. The zero-order valence-corrected chi connectivity index (χ0v) is 12.4. The van der Waals surface area contributed by atoms with Gasteiger partial charge in [0.05, 0.1) is 5.56 Å². The highest BCUT2D eigenvalue weighted by Gasteiger charge is 2.33. The fraction of sp³-hybridized carbons (Fsp3) is 0.333. The van der Waals surface area contributed by atoms with Crippen molar-refractivity contribution >= 4 is 11.8 Å². The van der Waals surface area contributed by atoms with Crippen LogP contribution in [0.3, 0.4) is 0 Å². The van der Waals surface area contributed by atoms with Gasteiger partial charge in [-0.15, -0.1) is 0 Å². The van der Waals surface area contributed by atoms with E-state index in [2.05, 4.69) is 10.1 Å². The lowest BCUT2D eigenvalue weighted by atomic mass is 10.2. The normalized spacial score (nSPS) is 14.5. The number of pyridine rings is 1. The summed E-state index contributed by atoms with van der Waals surface area (Å²) < 4.78 is 4.93. The third-order valence-corrected chi connectivity index (χ3v) is 3.51. The van der Waals surface area contributed by atoms with E-state index >= 15 is 0 Å². The number of aryl methyl sites for hydroxylation is 2. The van der Waals surface area contributed by atoms with Crippen LogP contribution in [-0.4, -0.2) is 45.1 Å². The topological polar surface area (TPSA) is 79.5 Å². The quantitative estimate of drug-likeness (QED) is 0.841. The van der Waals surface area contributed by atoms with Gasteiger partial charge >= 0.3 is 0 Å². The third kappa shape index (κ3) is 2.57. The van der Waals surface area contributed by atoms with Gasteiger partial charge in [-0.3, -0.25) is 14.6 Å². The first-order chi connectivity index (χ1) is 10.6. The lowest BCUT2D eigenvalue weighted by molar-refractivity contribution is 0.0179. The molecule has 0 N–H and O–H groups in total. The number of hydrazine groups is 1. The Morgan fingerprint density at radius 2 is 1.86 bits per heavy atom. The number of amides is 2. The zero-order chi connectivity index (χ0) is 15.7. The Labute approximate surface area is 127 Å². The maximum atomic E-state index is 12.6. The summed E-state index contributed by atoms with van der Waals surface area (Å²) in [4.78, 5) is 29.1. The van der Waals surface area contributed by atoms with Crippen molar-refractivity contribution in [1.82, 2.24) is 20.2 Å². The first-order valence-electron chi connectivity index (χ1n) is 7.06. The highest BCUT2D eigenvalue weighted by Crippen LogP contribution is 2.18. The molecule has 114 valence electrons. The lowest BCUT2D eigenvalue weighted by Gasteiger charge is -2.27. The summed E-state index contributed by atoms with van der Waals surface area (Å²) in [6, 6.07) is 5.05. The minimum Gasteiger partial charge on any atom is -0.361 e. The molecule has 0 saturated carbocycles. The van der Waals surface area contributed by atoms with Gasteiger partial charge in [0.15, 0.2) is 5.69 Å². The molecule has 2 amide bonds. The minimum absolute atomic E-state index is 0.208. The van der Waals surface area contributed by atoms with Crippen LogP contribution < -0.4 is 0 Å². The van der Waals surface area contributed by atoms with E-state index in [9.17, 15) is 9.59 Å². The number of aromatic nitrogens is 2. The SMILES string of the molecule is Cc1ccc(C(=O)N2CCCN2C(=O)c2cc(C)on2)cn1. The molecule has 0 spiro atoms. The maximum absolute atomic E-state index is 12.6. The fourth-order valence-electron chi connectivity index (χ4n) is 2.38. The Morgan fingerprint density at radius 3 is 2.45 bits per heavy atom. The van der Waals surface area contributed by atoms with Gasteiger partial charge < -0.3 is 4.52 Å². The molecule has 0 aromatic carbocycles. The van der Waals surface area contributed by atoms with Gasteiger partial charge in [0, 0.05) is 31.0 Å². The number of carbonyl (C=O) groups excluding carboxylic acids is 2. The molecule has 7 nitrogen and oxygen atoms in total. The Hall–Kier alpha value is -2.70. The molecule has 7 heteroatoms. The van der Waals surface area contributed by atoms with Gasteiger partial charge in [0.25, 0.3) is 11.8 Å². The number of nitrogens with zero attached hydrogens (tertiary/aromatic N) is 4. The predicted molar refractivity (Wildman–Crippen MR) is 76.9 cm³/mol. The van der Waals surface area contributed by atoms with Gasteiger partial charge in [0.1, 0.15) is 5.76 Å². The van der Waals surface area contributed by atoms with E-state index in [0.29, 0.717) is 24.4 Å². The van der Waals surface area contributed by atoms with Crippen molar-refractivity contribution in [3.05, 3.63) is 47.1 Å². The highest BCUT2D eigenvalue weighted by atomic mass is 16.5. The Balaban J connectivity index is 1.82. The molecule has 3 heterocycles. The van der Waals surface area contributed by atoms with Crippen molar-refractivity contribution in [3.8, 4) is 0 Å². The molecule has 2 aromatic heterocycles. The molecule has 3 rings (SSSR count). The number of hydrogen-bond acceptors (Lipinski definition) is 5. The van der Waals surface area contributed by atoms with Crippen LogP contribution in [0.25, 0.3) is 0 Å². The minimum atomic E-state index is -0.331. The van der Waals surface area contributed by atoms with Gasteiger partial charge in [-0.05, 0) is 32.4 Å². The highest BCUT2D eigenvalue weighted by molar-refractivity contribution is 5.98. The van der Waals surface area contributed by atoms with E-state index < -0.39 is 0 Å². The smallest absolute Gasteiger partial charge is 0.294 e. The molecule has 0 unspecified atom stereocenters. The van der Waals surface area contributed by atoms with Crippen molar-refractivity contribution in [2.75, 3.05) is 13.1 Å². The van der Waals surface area contributed by atoms with E-state index in [1.54, 1.807) is 25.1 Å². The average molecular weight is 300 g/mol. The number of rotatable bonds is 2. The van der Waals surface area contributed by atoms with Gasteiger partial charge in [0.2, 0.25) is 0 Å². The summed E-state index contributed by atoms with van der Waals surface area (Å²) in [6.07, 6.45) is 2.26. The summed E-state index contributed by atoms with van der Waals surface area (Å²) in [5, 5.41) is 6.58. The van der Waals surface area contributed by atoms with Crippen molar-refractivity contribution in [2.45, 2.75) is 20.3 Å². The molecule has 2 aromatic rings. The summed E-state index contributed by atoms with van der Waals surface area (Å²) in [7, 11) is 0. The average Bonchev–Trinajstić information content (AvgIpc) is 3.15. The van der Waals surface area contributed by atoms with Crippen LogP contribution in [0.15, 0.2) is 28.9 Å². The van der Waals surface area contributed by atoms with Gasteiger partial charge in [-0.1, -0.05) is 5.16 Å². The fourth-order valence-corrected chi connectivity index (χ4v) is 2.38. The summed E-state index contributed by atoms with van der Waals surface area (Å²) in [6.45, 7) is 4.55.